The molecule has 243 valence electrons. The Morgan fingerprint density at radius 2 is 1.65 bits per heavy atom. The second-order valence-electron chi connectivity index (χ2n) is 17.8. The first-order valence-corrected chi connectivity index (χ1v) is 22.6. The van der Waals surface area contributed by atoms with Gasteiger partial charge in [0.25, 0.3) is 0 Å². The van der Waals surface area contributed by atoms with Crippen LogP contribution >= 0.6 is 0 Å². The van der Waals surface area contributed by atoms with Crippen molar-refractivity contribution in [1.82, 2.24) is 0 Å². The van der Waals surface area contributed by atoms with Crippen molar-refractivity contribution in [2.45, 2.75) is 148 Å². The van der Waals surface area contributed by atoms with E-state index in [4.69, 9.17) is 19.3 Å². The Balaban J connectivity index is 1.74. The Bertz CT molecular complexity index is 1170. The van der Waals surface area contributed by atoms with Crippen molar-refractivity contribution in [1.29, 1.82) is 0 Å². The predicted octanol–water partition coefficient (Wildman–Crippen LogP) is 9.04. The molecule has 2 fully saturated rings. The van der Waals surface area contributed by atoms with E-state index in [2.05, 4.69) is 100 Å². The van der Waals surface area contributed by atoms with Gasteiger partial charge >= 0.3 is 0 Å². The zero-order valence-electron chi connectivity index (χ0n) is 29.5. The lowest BCUT2D eigenvalue weighted by atomic mass is 9.68. The summed E-state index contributed by atoms with van der Waals surface area (Å²) in [5, 5.41) is 0.226. The van der Waals surface area contributed by atoms with E-state index >= 15 is 0 Å². The maximum atomic E-state index is 13.1. The lowest BCUT2D eigenvalue weighted by Gasteiger charge is -2.50. The van der Waals surface area contributed by atoms with Gasteiger partial charge in [-0.25, -0.2) is 0 Å². The average Bonchev–Trinajstić information content (AvgIpc) is 3.22. The van der Waals surface area contributed by atoms with Gasteiger partial charge in [-0.1, -0.05) is 67.0 Å². The Morgan fingerprint density at radius 1 is 1.02 bits per heavy atom. The molecule has 7 heteroatoms. The quantitative estimate of drug-likeness (QED) is 0.259. The van der Waals surface area contributed by atoms with Crippen LogP contribution in [0.25, 0.3) is 0 Å². The van der Waals surface area contributed by atoms with Crippen LogP contribution in [0.2, 0.25) is 36.3 Å². The summed E-state index contributed by atoms with van der Waals surface area (Å²) in [6.07, 6.45) is 14.0. The van der Waals surface area contributed by atoms with Crippen molar-refractivity contribution in [3.8, 4) is 0 Å². The van der Waals surface area contributed by atoms with Crippen molar-refractivity contribution in [2.75, 3.05) is 13.2 Å². The largest absolute Gasteiger partial charge is 0.416 e. The molecular weight excluding hydrogens is 567 g/mol. The normalized spacial score (nSPS) is 30.3. The third-order valence-electron chi connectivity index (χ3n) is 12.1. The van der Waals surface area contributed by atoms with Gasteiger partial charge in [0.2, 0.25) is 5.91 Å². The van der Waals surface area contributed by atoms with E-state index in [1.165, 1.54) is 16.7 Å². The number of carbonyl (C=O) groups is 1. The molecule has 1 radical (unpaired) electrons. The van der Waals surface area contributed by atoms with E-state index in [1.807, 2.05) is 0 Å². The molecule has 4 atom stereocenters. The first kappa shape index (κ1) is 34.9. The Morgan fingerprint density at radius 3 is 2.21 bits per heavy atom. The van der Waals surface area contributed by atoms with E-state index < -0.39 is 22.2 Å². The molecule has 2 bridgehead atoms. The molecule has 0 aromatic carbocycles. The van der Waals surface area contributed by atoms with E-state index in [0.29, 0.717) is 24.2 Å². The smallest absolute Gasteiger partial charge is 0.248 e. The summed E-state index contributed by atoms with van der Waals surface area (Å²) in [5.41, 5.74) is 10.6. The van der Waals surface area contributed by atoms with Crippen molar-refractivity contribution in [3.05, 3.63) is 40.9 Å². The van der Waals surface area contributed by atoms with Crippen LogP contribution in [0, 0.1) is 23.7 Å². The minimum absolute atomic E-state index is 0.104. The summed E-state index contributed by atoms with van der Waals surface area (Å²) >= 11 is 0. The molecule has 1 amide bonds. The summed E-state index contributed by atoms with van der Waals surface area (Å²) in [6, 6.07) is 0. The number of fused-ring (bicyclic) bond motifs is 2. The Labute approximate surface area is 265 Å². The van der Waals surface area contributed by atoms with E-state index in [9.17, 15) is 4.79 Å². The minimum Gasteiger partial charge on any atom is -0.416 e. The highest BCUT2D eigenvalue weighted by Gasteiger charge is 2.57. The second kappa shape index (κ2) is 12.0. The van der Waals surface area contributed by atoms with Gasteiger partial charge < -0.3 is 19.3 Å². The van der Waals surface area contributed by atoms with Gasteiger partial charge in [-0.3, -0.25) is 4.79 Å². The maximum absolute atomic E-state index is 13.1. The minimum atomic E-state index is -2.03. The average molecular weight is 629 g/mol. The second-order valence-corrected chi connectivity index (χ2v) is 27.4. The number of ether oxygens (including phenoxy) is 1. The van der Waals surface area contributed by atoms with E-state index in [1.54, 1.807) is 0 Å². The number of allylic oxidation sites excluding steroid dienone is 4. The lowest BCUT2D eigenvalue weighted by molar-refractivity contribution is -0.161. The molecule has 0 saturated carbocycles. The molecule has 0 aromatic heterocycles. The van der Waals surface area contributed by atoms with Gasteiger partial charge in [-0.05, 0) is 116 Å². The molecule has 2 aliphatic carbocycles. The summed E-state index contributed by atoms with van der Waals surface area (Å²) in [5.74, 6) is -0.0378. The molecule has 5 nitrogen and oxygen atoms in total. The fourth-order valence-corrected chi connectivity index (χ4v) is 8.86. The van der Waals surface area contributed by atoms with Gasteiger partial charge in [0.15, 0.2) is 16.6 Å². The number of carbonyl (C=O) groups excluding carboxylic acids is 1. The highest BCUT2D eigenvalue weighted by atomic mass is 28.4. The molecule has 4 unspecified atom stereocenters. The highest BCUT2D eigenvalue weighted by molar-refractivity contribution is 6.74. The molecule has 0 spiro atoms. The van der Waals surface area contributed by atoms with Crippen molar-refractivity contribution >= 4 is 22.5 Å². The van der Waals surface area contributed by atoms with Crippen molar-refractivity contribution in [3.63, 3.8) is 0 Å². The Kier molecular flexibility index (Phi) is 9.72. The fraction of sp³-hybridized carbons (Fsp3) is 0.778. The highest BCUT2D eigenvalue weighted by Crippen LogP contribution is 2.54. The van der Waals surface area contributed by atoms with Crippen LogP contribution in [0.4, 0.5) is 0 Å². The third kappa shape index (κ3) is 7.37. The van der Waals surface area contributed by atoms with E-state index in [0.717, 1.165) is 44.9 Å². The van der Waals surface area contributed by atoms with Crippen LogP contribution in [0.5, 0.6) is 0 Å². The molecule has 0 aromatic rings. The van der Waals surface area contributed by atoms with Gasteiger partial charge in [0, 0.05) is 18.1 Å². The fourth-order valence-electron chi connectivity index (χ4n) is 6.79. The summed E-state index contributed by atoms with van der Waals surface area (Å²) in [6.45, 7) is 29.0. The monoisotopic (exact) mass is 628 g/mol. The molecule has 2 heterocycles. The molecule has 2 N–H and O–H groups in total. The van der Waals surface area contributed by atoms with E-state index in [-0.39, 0.29) is 33.9 Å². The third-order valence-corrected chi connectivity index (χ3v) is 21.1. The van der Waals surface area contributed by atoms with Crippen LogP contribution in [0.1, 0.15) is 100 Å². The van der Waals surface area contributed by atoms with Crippen LogP contribution in [0.3, 0.4) is 0 Å². The maximum Gasteiger partial charge on any atom is 0.248 e. The number of amides is 1. The lowest BCUT2D eigenvalue weighted by Crippen LogP contribution is -2.56. The van der Waals surface area contributed by atoms with Gasteiger partial charge in [-0.2, -0.15) is 0 Å². The zero-order chi connectivity index (χ0) is 32.2. The Hall–Kier alpha value is -0.996. The van der Waals surface area contributed by atoms with Crippen LogP contribution in [-0.4, -0.2) is 47.5 Å². The van der Waals surface area contributed by atoms with Crippen molar-refractivity contribution < 1.29 is 18.4 Å². The molecular formula is C36H62NO4Si2. The zero-order valence-corrected chi connectivity index (χ0v) is 31.5. The summed E-state index contributed by atoms with van der Waals surface area (Å²) in [7, 11) is -4.03. The van der Waals surface area contributed by atoms with Crippen LogP contribution in [0.15, 0.2) is 34.4 Å². The van der Waals surface area contributed by atoms with Gasteiger partial charge in [-0.15, -0.1) is 0 Å². The first-order chi connectivity index (χ1) is 19.6. The SMILES string of the molecule is CC1(C)CC=C(C2=CC(C(N)=O)=C(C3CC4CCC(CO[Si](C)(C)C(C)(C)C)(O4)C3CO[Si](C)(C)C(C)(C)C)C[CH]2)CC1. The number of rotatable bonds is 9. The summed E-state index contributed by atoms with van der Waals surface area (Å²) < 4.78 is 20.9. The number of hydrogen-bond donors (Lipinski definition) is 1. The topological polar surface area (TPSA) is 70.8 Å². The molecule has 2 saturated heterocycles. The van der Waals surface area contributed by atoms with Crippen LogP contribution < -0.4 is 5.73 Å². The number of primary amides is 1. The molecule has 2 aliphatic heterocycles. The molecule has 43 heavy (non-hydrogen) atoms. The predicted molar refractivity (Wildman–Crippen MR) is 184 cm³/mol. The van der Waals surface area contributed by atoms with Gasteiger partial charge in [0.05, 0.1) is 18.3 Å². The van der Waals surface area contributed by atoms with Crippen LogP contribution in [-0.2, 0) is 18.4 Å². The number of hydrogen-bond acceptors (Lipinski definition) is 4. The van der Waals surface area contributed by atoms with Gasteiger partial charge in [0.1, 0.15) is 0 Å². The van der Waals surface area contributed by atoms with Crippen molar-refractivity contribution in [2.24, 2.45) is 23.0 Å². The standard InChI is InChI=1S/C36H62NO4Si2/c1-33(2,3)42(9,10)39-23-31-29(22-27-17-20-36(31,41-27)24-40-43(11,12)34(4,5)6)28-14-13-26(21-30(28)32(37)38)25-15-18-35(7,8)19-16-25/h13,15,21,27,29,31H,14,16-20,22-24H2,1-12H3,(H2,37,38). The molecule has 4 aliphatic rings. The molecule has 4 rings (SSSR count). The first-order valence-electron chi connectivity index (χ1n) is 16.8. The number of nitrogens with two attached hydrogens (primary N) is 1. The summed E-state index contributed by atoms with van der Waals surface area (Å²) in [4.78, 5) is 13.1.